The number of anilines is 1. The van der Waals surface area contributed by atoms with Gasteiger partial charge in [0.25, 0.3) is 0 Å². The van der Waals surface area contributed by atoms with E-state index in [9.17, 15) is 0 Å². The Hall–Kier alpha value is -1.13. The standard InChI is InChI=1S/C16H23N3S/c1-12(2)18-9-7-14(8-10-18)19-11-13-5-3-4-6-15(13)17-16(19)20/h3-6,12,14H,7-11H2,1-2H3,(H,17,20). The molecule has 3 rings (SSSR count). The van der Waals surface area contributed by atoms with Crippen LogP contribution in [0.25, 0.3) is 0 Å². The minimum atomic E-state index is 0.582. The SMILES string of the molecule is CC(C)N1CCC(N2Cc3ccccc3NC2=S)CC1. The molecule has 1 N–H and O–H groups in total. The van der Waals surface area contributed by atoms with E-state index in [4.69, 9.17) is 12.2 Å². The van der Waals surface area contributed by atoms with Gasteiger partial charge < -0.3 is 15.1 Å². The Morgan fingerprint density at radius 3 is 2.60 bits per heavy atom. The molecule has 2 aliphatic heterocycles. The number of likely N-dealkylation sites (tertiary alicyclic amines) is 1. The van der Waals surface area contributed by atoms with E-state index in [2.05, 4.69) is 53.2 Å². The molecule has 0 amide bonds. The summed E-state index contributed by atoms with van der Waals surface area (Å²) in [5, 5.41) is 4.28. The van der Waals surface area contributed by atoms with Crippen molar-refractivity contribution in [1.82, 2.24) is 9.80 Å². The Morgan fingerprint density at radius 2 is 1.90 bits per heavy atom. The van der Waals surface area contributed by atoms with Crippen molar-refractivity contribution in [2.45, 2.75) is 45.3 Å². The van der Waals surface area contributed by atoms with Crippen LogP contribution in [-0.2, 0) is 6.54 Å². The maximum Gasteiger partial charge on any atom is 0.173 e. The highest BCUT2D eigenvalue weighted by Crippen LogP contribution is 2.27. The van der Waals surface area contributed by atoms with Gasteiger partial charge in [-0.2, -0.15) is 0 Å². The lowest BCUT2D eigenvalue weighted by molar-refractivity contribution is 0.125. The summed E-state index contributed by atoms with van der Waals surface area (Å²) in [4.78, 5) is 4.94. The van der Waals surface area contributed by atoms with Gasteiger partial charge in [0.2, 0.25) is 0 Å². The van der Waals surface area contributed by atoms with Crippen molar-refractivity contribution in [3.63, 3.8) is 0 Å². The van der Waals surface area contributed by atoms with Crippen LogP contribution in [0.4, 0.5) is 5.69 Å². The van der Waals surface area contributed by atoms with E-state index in [0.29, 0.717) is 12.1 Å². The fourth-order valence-corrected chi connectivity index (χ4v) is 3.55. The second-order valence-electron chi connectivity index (χ2n) is 6.08. The fraction of sp³-hybridized carbons (Fsp3) is 0.562. The van der Waals surface area contributed by atoms with E-state index < -0.39 is 0 Å². The molecule has 108 valence electrons. The highest BCUT2D eigenvalue weighted by atomic mass is 32.1. The third-order valence-electron chi connectivity index (χ3n) is 4.53. The monoisotopic (exact) mass is 289 g/mol. The smallest absolute Gasteiger partial charge is 0.173 e. The predicted octanol–water partition coefficient (Wildman–Crippen LogP) is 3.07. The van der Waals surface area contributed by atoms with Gasteiger partial charge in [-0.05, 0) is 50.5 Å². The Morgan fingerprint density at radius 1 is 1.20 bits per heavy atom. The molecule has 1 aromatic carbocycles. The molecule has 0 aliphatic carbocycles. The Bertz CT molecular complexity index is 492. The highest BCUT2D eigenvalue weighted by molar-refractivity contribution is 7.80. The van der Waals surface area contributed by atoms with Gasteiger partial charge >= 0.3 is 0 Å². The van der Waals surface area contributed by atoms with Crippen molar-refractivity contribution in [3.05, 3.63) is 29.8 Å². The number of fused-ring (bicyclic) bond motifs is 1. The van der Waals surface area contributed by atoms with Crippen molar-refractivity contribution in [2.24, 2.45) is 0 Å². The number of para-hydroxylation sites is 1. The average Bonchev–Trinajstić information content (AvgIpc) is 2.46. The zero-order chi connectivity index (χ0) is 14.1. The van der Waals surface area contributed by atoms with Crippen LogP contribution >= 0.6 is 12.2 Å². The molecule has 0 unspecified atom stereocenters. The fourth-order valence-electron chi connectivity index (χ4n) is 3.23. The number of hydrogen-bond acceptors (Lipinski definition) is 2. The molecule has 0 saturated carbocycles. The first-order valence-electron chi connectivity index (χ1n) is 7.54. The Kier molecular flexibility index (Phi) is 3.94. The quantitative estimate of drug-likeness (QED) is 0.843. The van der Waals surface area contributed by atoms with Crippen LogP contribution in [0.2, 0.25) is 0 Å². The maximum absolute atomic E-state index is 5.57. The first-order chi connectivity index (χ1) is 9.65. The van der Waals surface area contributed by atoms with Gasteiger partial charge in [0.15, 0.2) is 5.11 Å². The second kappa shape index (κ2) is 5.70. The summed E-state index contributed by atoms with van der Waals surface area (Å²) in [6.45, 7) is 7.88. The number of nitrogens with one attached hydrogen (secondary N) is 1. The van der Waals surface area contributed by atoms with E-state index in [1.54, 1.807) is 0 Å². The normalized spacial score (nSPS) is 20.9. The summed E-state index contributed by atoms with van der Waals surface area (Å²) >= 11 is 5.57. The van der Waals surface area contributed by atoms with Crippen LogP contribution in [0, 0.1) is 0 Å². The van der Waals surface area contributed by atoms with E-state index in [0.717, 1.165) is 11.7 Å². The largest absolute Gasteiger partial charge is 0.342 e. The molecule has 0 radical (unpaired) electrons. The highest BCUT2D eigenvalue weighted by Gasteiger charge is 2.29. The number of piperidine rings is 1. The number of thiocarbonyl (C=S) groups is 1. The molecule has 0 atom stereocenters. The Labute approximate surface area is 126 Å². The van der Waals surface area contributed by atoms with Gasteiger partial charge in [-0.25, -0.2) is 0 Å². The number of hydrogen-bond donors (Lipinski definition) is 1. The summed E-state index contributed by atoms with van der Waals surface area (Å²) in [6.07, 6.45) is 2.42. The van der Waals surface area contributed by atoms with Crippen molar-refractivity contribution in [2.75, 3.05) is 18.4 Å². The van der Waals surface area contributed by atoms with Crippen LogP contribution in [-0.4, -0.2) is 40.1 Å². The third-order valence-corrected chi connectivity index (χ3v) is 4.87. The van der Waals surface area contributed by atoms with E-state index in [1.165, 1.54) is 37.2 Å². The maximum atomic E-state index is 5.57. The summed E-state index contributed by atoms with van der Waals surface area (Å²) in [5.74, 6) is 0. The van der Waals surface area contributed by atoms with Crippen LogP contribution in [0.3, 0.4) is 0 Å². The molecule has 1 aromatic rings. The Balaban J connectivity index is 1.68. The minimum Gasteiger partial charge on any atom is -0.342 e. The van der Waals surface area contributed by atoms with Crippen LogP contribution < -0.4 is 5.32 Å². The molecule has 0 spiro atoms. The van der Waals surface area contributed by atoms with Crippen molar-refractivity contribution < 1.29 is 0 Å². The van der Waals surface area contributed by atoms with Crippen molar-refractivity contribution >= 4 is 23.0 Å². The lowest BCUT2D eigenvalue weighted by Crippen LogP contribution is -2.51. The van der Waals surface area contributed by atoms with Gasteiger partial charge in [-0.1, -0.05) is 18.2 Å². The summed E-state index contributed by atoms with van der Waals surface area (Å²) in [6, 6.07) is 9.71. The van der Waals surface area contributed by atoms with Crippen LogP contribution in [0.1, 0.15) is 32.3 Å². The minimum absolute atomic E-state index is 0.582. The first kappa shape index (κ1) is 13.8. The molecule has 1 fully saturated rings. The van der Waals surface area contributed by atoms with Gasteiger partial charge in [0, 0.05) is 37.4 Å². The van der Waals surface area contributed by atoms with E-state index in [-0.39, 0.29) is 0 Å². The molecule has 1 saturated heterocycles. The second-order valence-corrected chi connectivity index (χ2v) is 6.46. The van der Waals surface area contributed by atoms with Gasteiger partial charge in [-0.3, -0.25) is 0 Å². The van der Waals surface area contributed by atoms with Crippen molar-refractivity contribution in [3.8, 4) is 0 Å². The van der Waals surface area contributed by atoms with Crippen LogP contribution in [0.15, 0.2) is 24.3 Å². The molecule has 2 heterocycles. The molecule has 0 bridgehead atoms. The average molecular weight is 289 g/mol. The van der Waals surface area contributed by atoms with Gasteiger partial charge in [-0.15, -0.1) is 0 Å². The van der Waals surface area contributed by atoms with Crippen LogP contribution in [0.5, 0.6) is 0 Å². The van der Waals surface area contributed by atoms with E-state index >= 15 is 0 Å². The van der Waals surface area contributed by atoms with Crippen molar-refractivity contribution in [1.29, 1.82) is 0 Å². The third kappa shape index (κ3) is 2.67. The molecular formula is C16H23N3S. The first-order valence-corrected chi connectivity index (χ1v) is 7.95. The molecule has 2 aliphatic rings. The zero-order valence-corrected chi connectivity index (χ0v) is 13.1. The van der Waals surface area contributed by atoms with Gasteiger partial charge in [0.1, 0.15) is 0 Å². The summed E-state index contributed by atoms with van der Waals surface area (Å²) < 4.78 is 0. The van der Waals surface area contributed by atoms with Gasteiger partial charge in [0.05, 0.1) is 0 Å². The lowest BCUT2D eigenvalue weighted by atomic mass is 10.00. The molecule has 20 heavy (non-hydrogen) atoms. The zero-order valence-electron chi connectivity index (χ0n) is 12.3. The molecule has 3 nitrogen and oxygen atoms in total. The number of rotatable bonds is 2. The molecule has 0 aromatic heterocycles. The summed E-state index contributed by atoms with van der Waals surface area (Å²) in [5.41, 5.74) is 2.53. The summed E-state index contributed by atoms with van der Waals surface area (Å²) in [7, 11) is 0. The van der Waals surface area contributed by atoms with E-state index in [1.807, 2.05) is 0 Å². The number of benzene rings is 1. The predicted molar refractivity (Wildman–Crippen MR) is 87.9 cm³/mol. The lowest BCUT2D eigenvalue weighted by Gasteiger charge is -2.43. The number of nitrogens with zero attached hydrogens (tertiary/aromatic N) is 2. The molecule has 4 heteroatoms. The molecular weight excluding hydrogens is 266 g/mol. The topological polar surface area (TPSA) is 18.5 Å².